The Morgan fingerprint density at radius 2 is 1.90 bits per heavy atom. The zero-order chi connectivity index (χ0) is 14.5. The molecule has 1 aromatic carbocycles. The molecule has 0 saturated carbocycles. The fourth-order valence-electron chi connectivity index (χ4n) is 1.88. The summed E-state index contributed by atoms with van der Waals surface area (Å²) in [6, 6.07) is 10.7. The Hall–Kier alpha value is -1.85. The molecule has 0 radical (unpaired) electrons. The monoisotopic (exact) mass is 290 g/mol. The lowest BCUT2D eigenvalue weighted by Crippen LogP contribution is -2.36. The lowest BCUT2D eigenvalue weighted by Gasteiger charge is -2.21. The highest BCUT2D eigenvalue weighted by Crippen LogP contribution is 2.17. The third-order valence-electron chi connectivity index (χ3n) is 3.02. The fourth-order valence-corrected chi connectivity index (χ4v) is 2.67. The van der Waals surface area contributed by atoms with Crippen LogP contribution in [0.1, 0.15) is 4.88 Å². The molecule has 4 nitrogen and oxygen atoms in total. The standard InChI is InChI=1S/C15H18N2O2S/c1-16(10-14-4-3-9-20-14)11-15(19)17(2)12-5-7-13(18)8-6-12/h3-9,18H,10-11H2,1-2H3. The first kappa shape index (κ1) is 14.6. The van der Waals surface area contributed by atoms with Gasteiger partial charge in [0, 0.05) is 24.2 Å². The number of amides is 1. The van der Waals surface area contributed by atoms with E-state index in [4.69, 9.17) is 0 Å². The van der Waals surface area contributed by atoms with Crippen LogP contribution in [-0.4, -0.2) is 36.6 Å². The van der Waals surface area contributed by atoms with Gasteiger partial charge in [-0.15, -0.1) is 11.3 Å². The molecule has 20 heavy (non-hydrogen) atoms. The second-order valence-corrected chi connectivity index (χ2v) is 5.75. The number of phenols is 1. The second kappa shape index (κ2) is 6.54. The maximum atomic E-state index is 12.2. The highest BCUT2D eigenvalue weighted by Gasteiger charge is 2.13. The zero-order valence-electron chi connectivity index (χ0n) is 11.6. The maximum absolute atomic E-state index is 12.2. The van der Waals surface area contributed by atoms with Crippen LogP contribution < -0.4 is 4.90 Å². The number of hydrogen-bond donors (Lipinski definition) is 1. The van der Waals surface area contributed by atoms with E-state index in [0.29, 0.717) is 6.54 Å². The molecular weight excluding hydrogens is 272 g/mol. The number of nitrogens with zero attached hydrogens (tertiary/aromatic N) is 2. The molecular formula is C15H18N2O2S. The smallest absolute Gasteiger partial charge is 0.240 e. The number of phenolic OH excluding ortho intramolecular Hbond substituents is 1. The lowest BCUT2D eigenvalue weighted by atomic mass is 10.2. The summed E-state index contributed by atoms with van der Waals surface area (Å²) in [5.41, 5.74) is 0.775. The predicted octanol–water partition coefficient (Wildman–Crippen LogP) is 2.55. The van der Waals surface area contributed by atoms with E-state index >= 15 is 0 Å². The van der Waals surface area contributed by atoms with Gasteiger partial charge in [0.1, 0.15) is 5.75 Å². The molecule has 1 amide bonds. The summed E-state index contributed by atoms with van der Waals surface area (Å²) >= 11 is 1.69. The van der Waals surface area contributed by atoms with Gasteiger partial charge >= 0.3 is 0 Å². The quantitative estimate of drug-likeness (QED) is 0.920. The Morgan fingerprint density at radius 3 is 2.50 bits per heavy atom. The van der Waals surface area contributed by atoms with Gasteiger partial charge in [-0.3, -0.25) is 9.69 Å². The van der Waals surface area contributed by atoms with E-state index in [9.17, 15) is 9.90 Å². The van der Waals surface area contributed by atoms with Crippen molar-refractivity contribution in [2.75, 3.05) is 25.5 Å². The molecule has 0 aliphatic heterocycles. The van der Waals surface area contributed by atoms with Crippen molar-refractivity contribution in [2.24, 2.45) is 0 Å². The van der Waals surface area contributed by atoms with E-state index in [1.165, 1.54) is 4.88 Å². The van der Waals surface area contributed by atoms with Crippen LogP contribution in [0.25, 0.3) is 0 Å². The number of benzene rings is 1. The Bertz CT molecular complexity index is 552. The number of hydrogen-bond acceptors (Lipinski definition) is 4. The van der Waals surface area contributed by atoms with E-state index in [-0.39, 0.29) is 11.7 Å². The van der Waals surface area contributed by atoms with Crippen molar-refractivity contribution >= 4 is 22.9 Å². The van der Waals surface area contributed by atoms with Crippen molar-refractivity contribution in [3.8, 4) is 5.75 Å². The number of anilines is 1. The van der Waals surface area contributed by atoms with Gasteiger partial charge in [-0.2, -0.15) is 0 Å². The van der Waals surface area contributed by atoms with Gasteiger partial charge in [0.15, 0.2) is 0 Å². The molecule has 0 aliphatic rings. The normalized spacial score (nSPS) is 10.8. The van der Waals surface area contributed by atoms with Crippen molar-refractivity contribution in [3.63, 3.8) is 0 Å². The van der Waals surface area contributed by atoms with E-state index in [1.54, 1.807) is 47.5 Å². The lowest BCUT2D eigenvalue weighted by molar-refractivity contribution is -0.119. The molecule has 1 aromatic heterocycles. The zero-order valence-corrected chi connectivity index (χ0v) is 12.4. The molecule has 0 unspecified atom stereocenters. The van der Waals surface area contributed by atoms with Crippen molar-refractivity contribution in [3.05, 3.63) is 46.7 Å². The Morgan fingerprint density at radius 1 is 1.20 bits per heavy atom. The topological polar surface area (TPSA) is 43.8 Å². The molecule has 5 heteroatoms. The van der Waals surface area contributed by atoms with Crippen LogP contribution in [0, 0.1) is 0 Å². The molecule has 2 aromatic rings. The van der Waals surface area contributed by atoms with Gasteiger partial charge in [0.05, 0.1) is 6.54 Å². The number of carbonyl (C=O) groups is 1. The fraction of sp³-hybridized carbons (Fsp3) is 0.267. The van der Waals surface area contributed by atoms with Gasteiger partial charge in [-0.25, -0.2) is 0 Å². The maximum Gasteiger partial charge on any atom is 0.240 e. The summed E-state index contributed by atoms with van der Waals surface area (Å²) in [5, 5.41) is 11.3. The van der Waals surface area contributed by atoms with Crippen LogP contribution in [0.4, 0.5) is 5.69 Å². The highest BCUT2D eigenvalue weighted by atomic mass is 32.1. The SMILES string of the molecule is CN(CC(=O)N(C)c1ccc(O)cc1)Cc1cccs1. The molecule has 0 spiro atoms. The van der Waals surface area contributed by atoms with Crippen LogP contribution in [0.15, 0.2) is 41.8 Å². The first-order chi connectivity index (χ1) is 9.56. The molecule has 0 atom stereocenters. The molecule has 0 fully saturated rings. The average molecular weight is 290 g/mol. The van der Waals surface area contributed by atoms with Crippen molar-refractivity contribution in [1.82, 2.24) is 4.90 Å². The van der Waals surface area contributed by atoms with Crippen LogP contribution >= 0.6 is 11.3 Å². The first-order valence-corrected chi connectivity index (χ1v) is 7.21. The van der Waals surface area contributed by atoms with E-state index in [1.807, 2.05) is 23.4 Å². The number of aromatic hydroxyl groups is 1. The van der Waals surface area contributed by atoms with Crippen LogP contribution in [0.2, 0.25) is 0 Å². The summed E-state index contributed by atoms with van der Waals surface area (Å²) in [7, 11) is 3.68. The van der Waals surface area contributed by atoms with E-state index < -0.39 is 0 Å². The average Bonchev–Trinajstić information content (AvgIpc) is 2.91. The summed E-state index contributed by atoms with van der Waals surface area (Å²) < 4.78 is 0. The van der Waals surface area contributed by atoms with Crippen molar-refractivity contribution in [1.29, 1.82) is 0 Å². The molecule has 0 aliphatic carbocycles. The van der Waals surface area contributed by atoms with Crippen LogP contribution in [-0.2, 0) is 11.3 Å². The molecule has 2 rings (SSSR count). The molecule has 0 bridgehead atoms. The van der Waals surface area contributed by atoms with Gasteiger partial charge in [0.2, 0.25) is 5.91 Å². The summed E-state index contributed by atoms with van der Waals surface area (Å²) in [5.74, 6) is 0.221. The van der Waals surface area contributed by atoms with Gasteiger partial charge in [-0.1, -0.05) is 6.07 Å². The van der Waals surface area contributed by atoms with Gasteiger partial charge < -0.3 is 10.0 Å². The number of thiophene rings is 1. The van der Waals surface area contributed by atoms with Crippen molar-refractivity contribution < 1.29 is 9.90 Å². The number of likely N-dealkylation sites (N-methyl/N-ethyl adjacent to an activating group) is 2. The first-order valence-electron chi connectivity index (χ1n) is 6.33. The number of rotatable bonds is 5. The molecule has 1 heterocycles. The third-order valence-corrected chi connectivity index (χ3v) is 3.88. The number of carbonyl (C=O) groups excluding carboxylic acids is 1. The van der Waals surface area contributed by atoms with Crippen molar-refractivity contribution in [2.45, 2.75) is 6.54 Å². The van der Waals surface area contributed by atoms with Crippen LogP contribution in [0.5, 0.6) is 5.75 Å². The van der Waals surface area contributed by atoms with Crippen LogP contribution in [0.3, 0.4) is 0 Å². The summed E-state index contributed by atoms with van der Waals surface area (Å²) in [6.45, 7) is 1.13. The predicted molar refractivity (Wildman–Crippen MR) is 82.2 cm³/mol. The van der Waals surface area contributed by atoms with E-state index in [2.05, 4.69) is 6.07 Å². The minimum atomic E-state index is 0.0229. The molecule has 0 saturated heterocycles. The minimum absolute atomic E-state index is 0.0229. The van der Waals surface area contributed by atoms with Gasteiger partial charge in [0.25, 0.3) is 0 Å². The Labute approximate surface area is 122 Å². The molecule has 106 valence electrons. The summed E-state index contributed by atoms with van der Waals surface area (Å²) in [6.07, 6.45) is 0. The Balaban J connectivity index is 1.92. The van der Waals surface area contributed by atoms with Gasteiger partial charge in [-0.05, 0) is 42.8 Å². The summed E-state index contributed by atoms with van der Waals surface area (Å²) in [4.78, 5) is 17.0. The Kier molecular flexibility index (Phi) is 4.76. The third kappa shape index (κ3) is 3.82. The largest absolute Gasteiger partial charge is 0.508 e. The minimum Gasteiger partial charge on any atom is -0.508 e. The molecule has 1 N–H and O–H groups in total. The highest BCUT2D eigenvalue weighted by molar-refractivity contribution is 7.09. The second-order valence-electron chi connectivity index (χ2n) is 4.72. The van der Waals surface area contributed by atoms with E-state index in [0.717, 1.165) is 12.2 Å².